The number of nitro benzene ring substituents is 1. The first-order valence-electron chi connectivity index (χ1n) is 7.29. The smallest absolute Gasteiger partial charge is 0.273 e. The maximum Gasteiger partial charge on any atom is 0.273 e. The van der Waals surface area contributed by atoms with Crippen LogP contribution in [0.2, 0.25) is 0 Å². The zero-order valence-corrected chi connectivity index (χ0v) is 12.3. The fourth-order valence-corrected chi connectivity index (χ4v) is 3.19. The predicted octanol–water partition coefficient (Wildman–Crippen LogP) is 3.87. The Morgan fingerprint density at radius 3 is 2.55 bits per heavy atom. The highest BCUT2D eigenvalue weighted by Gasteiger charge is 2.31. The summed E-state index contributed by atoms with van der Waals surface area (Å²) in [5, 5.41) is 17.4. The van der Waals surface area contributed by atoms with Crippen LogP contribution in [0.1, 0.15) is 33.1 Å². The molecule has 5 nitrogen and oxygen atoms in total. The molecule has 3 unspecified atom stereocenters. The van der Waals surface area contributed by atoms with Gasteiger partial charge >= 0.3 is 0 Å². The van der Waals surface area contributed by atoms with Crippen LogP contribution in [0.15, 0.2) is 18.2 Å². The molecule has 110 valence electrons. The van der Waals surface area contributed by atoms with E-state index in [4.69, 9.17) is 0 Å². The number of nitro groups is 1. The number of nitrogens with zero attached hydrogens (tertiary/aromatic N) is 1. The van der Waals surface area contributed by atoms with Crippen molar-refractivity contribution in [1.29, 1.82) is 0 Å². The average Bonchev–Trinajstić information content (AvgIpc) is 2.79. The van der Waals surface area contributed by atoms with Gasteiger partial charge in [0, 0.05) is 36.6 Å². The van der Waals surface area contributed by atoms with Crippen molar-refractivity contribution >= 4 is 17.1 Å². The molecule has 2 rings (SSSR count). The summed E-state index contributed by atoms with van der Waals surface area (Å²) in [6.45, 7) is 4.51. The molecule has 5 heteroatoms. The molecule has 1 saturated carbocycles. The molecule has 1 fully saturated rings. The number of non-ortho nitro benzene ring substituents is 1. The molecule has 1 aliphatic rings. The lowest BCUT2D eigenvalue weighted by Crippen LogP contribution is -2.24. The molecule has 0 amide bonds. The standard InChI is InChI=1S/C15H23N3O2/c1-4-11-5-6-15(10(11)2)17-13-7-12(16-3)8-14(9-13)18(19)20/h7-11,15-17H,4-6H2,1-3H3. The van der Waals surface area contributed by atoms with E-state index in [1.807, 2.05) is 6.07 Å². The molecule has 1 aromatic rings. The van der Waals surface area contributed by atoms with E-state index < -0.39 is 0 Å². The zero-order chi connectivity index (χ0) is 14.7. The highest BCUT2D eigenvalue weighted by molar-refractivity contribution is 5.63. The monoisotopic (exact) mass is 277 g/mol. The number of hydrogen-bond acceptors (Lipinski definition) is 4. The van der Waals surface area contributed by atoms with E-state index in [0.717, 1.165) is 23.7 Å². The predicted molar refractivity (Wildman–Crippen MR) is 82.2 cm³/mol. The van der Waals surface area contributed by atoms with Gasteiger partial charge in [0.05, 0.1) is 4.92 Å². The summed E-state index contributed by atoms with van der Waals surface area (Å²) >= 11 is 0. The second kappa shape index (κ2) is 6.11. The van der Waals surface area contributed by atoms with Crippen molar-refractivity contribution in [1.82, 2.24) is 0 Å². The van der Waals surface area contributed by atoms with Crippen LogP contribution in [0.25, 0.3) is 0 Å². The molecule has 1 aliphatic carbocycles. The van der Waals surface area contributed by atoms with Gasteiger partial charge in [-0.25, -0.2) is 0 Å². The van der Waals surface area contributed by atoms with Crippen LogP contribution < -0.4 is 10.6 Å². The second-order valence-electron chi connectivity index (χ2n) is 5.63. The summed E-state index contributed by atoms with van der Waals surface area (Å²) in [7, 11) is 1.77. The Morgan fingerprint density at radius 1 is 1.30 bits per heavy atom. The van der Waals surface area contributed by atoms with Gasteiger partial charge in [0.25, 0.3) is 5.69 Å². The average molecular weight is 277 g/mol. The fourth-order valence-electron chi connectivity index (χ4n) is 3.19. The fraction of sp³-hybridized carbons (Fsp3) is 0.600. The Bertz CT molecular complexity index is 490. The van der Waals surface area contributed by atoms with Gasteiger partial charge in [-0.1, -0.05) is 20.3 Å². The van der Waals surface area contributed by atoms with Crippen LogP contribution in [0.3, 0.4) is 0 Å². The molecular formula is C15H23N3O2. The third-order valence-corrected chi connectivity index (χ3v) is 4.52. The van der Waals surface area contributed by atoms with Crippen molar-refractivity contribution in [3.05, 3.63) is 28.3 Å². The molecule has 0 radical (unpaired) electrons. The van der Waals surface area contributed by atoms with Crippen LogP contribution in [0, 0.1) is 22.0 Å². The van der Waals surface area contributed by atoms with Gasteiger partial charge < -0.3 is 10.6 Å². The minimum Gasteiger partial charge on any atom is -0.388 e. The lowest BCUT2D eigenvalue weighted by Gasteiger charge is -2.22. The Kier molecular flexibility index (Phi) is 4.47. The molecular weight excluding hydrogens is 254 g/mol. The van der Waals surface area contributed by atoms with E-state index in [-0.39, 0.29) is 10.6 Å². The molecule has 0 aliphatic heterocycles. The van der Waals surface area contributed by atoms with Gasteiger partial charge in [-0.15, -0.1) is 0 Å². The SMILES string of the molecule is CCC1CCC(Nc2cc(NC)cc([N+](=O)[O-])c2)C1C. The highest BCUT2D eigenvalue weighted by atomic mass is 16.6. The number of anilines is 2. The number of nitrogens with one attached hydrogen (secondary N) is 2. The molecule has 3 atom stereocenters. The van der Waals surface area contributed by atoms with E-state index in [1.54, 1.807) is 19.2 Å². The van der Waals surface area contributed by atoms with Crippen molar-refractivity contribution in [3.8, 4) is 0 Å². The highest BCUT2D eigenvalue weighted by Crippen LogP contribution is 2.36. The third kappa shape index (κ3) is 3.03. The van der Waals surface area contributed by atoms with E-state index in [2.05, 4.69) is 24.5 Å². The normalized spacial score (nSPS) is 25.4. The lowest BCUT2D eigenvalue weighted by atomic mass is 9.93. The summed E-state index contributed by atoms with van der Waals surface area (Å²) in [5.41, 5.74) is 1.72. The quantitative estimate of drug-likeness (QED) is 0.633. The van der Waals surface area contributed by atoms with Crippen LogP contribution in [-0.4, -0.2) is 18.0 Å². The summed E-state index contributed by atoms with van der Waals surface area (Å²) in [4.78, 5) is 10.6. The maximum atomic E-state index is 11.0. The van der Waals surface area contributed by atoms with Gasteiger partial charge in [0.15, 0.2) is 0 Å². The number of hydrogen-bond donors (Lipinski definition) is 2. The Morgan fingerprint density at radius 2 is 2.00 bits per heavy atom. The van der Waals surface area contributed by atoms with Crippen molar-refractivity contribution in [3.63, 3.8) is 0 Å². The minimum absolute atomic E-state index is 0.122. The number of benzene rings is 1. The second-order valence-corrected chi connectivity index (χ2v) is 5.63. The van der Waals surface area contributed by atoms with Crippen LogP contribution in [0.5, 0.6) is 0 Å². The van der Waals surface area contributed by atoms with Crippen molar-refractivity contribution in [2.75, 3.05) is 17.7 Å². The summed E-state index contributed by atoms with van der Waals surface area (Å²) in [5.74, 6) is 1.37. The summed E-state index contributed by atoms with van der Waals surface area (Å²) in [6, 6.07) is 5.51. The van der Waals surface area contributed by atoms with Gasteiger partial charge in [-0.3, -0.25) is 10.1 Å². The Balaban J connectivity index is 2.17. The molecule has 0 spiro atoms. The largest absolute Gasteiger partial charge is 0.388 e. The molecule has 0 saturated heterocycles. The van der Waals surface area contributed by atoms with E-state index in [9.17, 15) is 10.1 Å². The molecule has 0 aromatic heterocycles. The first kappa shape index (κ1) is 14.6. The Hall–Kier alpha value is -1.78. The maximum absolute atomic E-state index is 11.0. The van der Waals surface area contributed by atoms with E-state index in [0.29, 0.717) is 12.0 Å². The summed E-state index contributed by atoms with van der Waals surface area (Å²) in [6.07, 6.45) is 3.58. The van der Waals surface area contributed by atoms with Gasteiger partial charge in [0.2, 0.25) is 0 Å². The first-order chi connectivity index (χ1) is 9.55. The topological polar surface area (TPSA) is 67.2 Å². The molecule has 20 heavy (non-hydrogen) atoms. The van der Waals surface area contributed by atoms with Crippen LogP contribution in [0.4, 0.5) is 17.1 Å². The van der Waals surface area contributed by atoms with Gasteiger partial charge in [0.1, 0.15) is 0 Å². The van der Waals surface area contributed by atoms with E-state index >= 15 is 0 Å². The molecule has 1 aromatic carbocycles. The first-order valence-corrected chi connectivity index (χ1v) is 7.29. The lowest BCUT2D eigenvalue weighted by molar-refractivity contribution is -0.384. The van der Waals surface area contributed by atoms with Gasteiger partial charge in [-0.2, -0.15) is 0 Å². The number of rotatable bonds is 5. The third-order valence-electron chi connectivity index (χ3n) is 4.52. The van der Waals surface area contributed by atoms with Crippen molar-refractivity contribution in [2.24, 2.45) is 11.8 Å². The van der Waals surface area contributed by atoms with Crippen molar-refractivity contribution in [2.45, 2.75) is 39.2 Å². The van der Waals surface area contributed by atoms with Crippen molar-refractivity contribution < 1.29 is 4.92 Å². The van der Waals surface area contributed by atoms with Gasteiger partial charge in [-0.05, 0) is 30.7 Å². The van der Waals surface area contributed by atoms with Crippen LogP contribution in [-0.2, 0) is 0 Å². The zero-order valence-electron chi connectivity index (χ0n) is 12.3. The minimum atomic E-state index is -0.348. The van der Waals surface area contributed by atoms with E-state index in [1.165, 1.54) is 12.8 Å². The molecule has 0 heterocycles. The Labute approximate surface area is 119 Å². The summed E-state index contributed by atoms with van der Waals surface area (Å²) < 4.78 is 0. The van der Waals surface area contributed by atoms with Crippen LogP contribution >= 0.6 is 0 Å². The molecule has 0 bridgehead atoms. The molecule has 2 N–H and O–H groups in total.